The summed E-state index contributed by atoms with van der Waals surface area (Å²) in [6.07, 6.45) is 18.4. The highest BCUT2D eigenvalue weighted by Crippen LogP contribution is 2.45. The van der Waals surface area contributed by atoms with Crippen LogP contribution in [0.15, 0.2) is 12.1 Å². The van der Waals surface area contributed by atoms with Crippen molar-refractivity contribution in [2.24, 2.45) is 5.73 Å². The predicted octanol–water partition coefficient (Wildman–Crippen LogP) is 6.10. The van der Waals surface area contributed by atoms with Crippen LogP contribution in [0.25, 0.3) is 0 Å². The quantitative estimate of drug-likeness (QED) is 0.248. The lowest BCUT2D eigenvalue weighted by Gasteiger charge is -2.43. The number of rotatable bonds is 15. The molecule has 0 amide bonds. The number of pyridine rings is 1. The number of nitrogens with zero attached hydrogens (tertiary/aromatic N) is 2. The van der Waals surface area contributed by atoms with Crippen LogP contribution in [0.5, 0.6) is 0 Å². The Morgan fingerprint density at radius 2 is 1.75 bits per heavy atom. The number of nitrogens with two attached hydrogens (primary N) is 1. The summed E-state index contributed by atoms with van der Waals surface area (Å²) in [5.41, 5.74) is 7.43. The van der Waals surface area contributed by atoms with Crippen LogP contribution in [0.1, 0.15) is 119 Å². The molecule has 1 saturated heterocycles. The van der Waals surface area contributed by atoms with Gasteiger partial charge in [0.05, 0.1) is 24.5 Å². The van der Waals surface area contributed by atoms with Crippen molar-refractivity contribution in [1.29, 1.82) is 0 Å². The third-order valence-corrected chi connectivity index (χ3v) is 7.73. The lowest BCUT2D eigenvalue weighted by Crippen LogP contribution is -2.56. The van der Waals surface area contributed by atoms with Crippen molar-refractivity contribution >= 4 is 11.7 Å². The topological polar surface area (TPSA) is 91.5 Å². The van der Waals surface area contributed by atoms with E-state index in [1.165, 1.54) is 89.7 Å². The molecule has 0 bridgehead atoms. The third-order valence-electron chi connectivity index (χ3n) is 7.73. The van der Waals surface area contributed by atoms with Crippen LogP contribution < -0.4 is 16.0 Å². The summed E-state index contributed by atoms with van der Waals surface area (Å²) in [4.78, 5) is 16.5. The van der Waals surface area contributed by atoms with Gasteiger partial charge in [-0.25, -0.2) is 18.6 Å². The lowest BCUT2D eigenvalue weighted by atomic mass is 9.74. The maximum absolute atomic E-state index is 12.9. The molecule has 2 heterocycles. The molecule has 0 unspecified atom stereocenters. The van der Waals surface area contributed by atoms with E-state index in [4.69, 9.17) is 10.8 Å². The highest BCUT2D eigenvalue weighted by Gasteiger charge is 2.45. The number of carboxylic acid groups (broad SMARTS) is 1. The number of unbranched alkanes of at least 4 members (excludes halogenated alkanes) is 7. The van der Waals surface area contributed by atoms with Gasteiger partial charge in [-0.2, -0.15) is 0 Å². The van der Waals surface area contributed by atoms with Crippen LogP contribution in [-0.4, -0.2) is 53.7 Å². The van der Waals surface area contributed by atoms with E-state index >= 15 is 0 Å². The first-order chi connectivity index (χ1) is 17.3. The third kappa shape index (κ3) is 8.65. The first kappa shape index (κ1) is 28.8. The number of carbonyl (C=O) groups is 1. The summed E-state index contributed by atoms with van der Waals surface area (Å²) in [7, 11) is 0. The number of hydrogen-bond acceptors (Lipinski definition) is 5. The number of halogens is 2. The van der Waals surface area contributed by atoms with Crippen LogP contribution in [0.3, 0.4) is 0 Å². The molecule has 204 valence electrons. The van der Waals surface area contributed by atoms with E-state index in [2.05, 4.69) is 17.2 Å². The number of aromatic nitrogens is 1. The molecule has 1 aromatic rings. The van der Waals surface area contributed by atoms with Crippen LogP contribution in [0.2, 0.25) is 0 Å². The molecule has 0 atom stereocenters. The van der Waals surface area contributed by atoms with E-state index in [0.717, 1.165) is 19.4 Å². The van der Waals surface area contributed by atoms with E-state index in [9.17, 15) is 13.6 Å². The fourth-order valence-electron chi connectivity index (χ4n) is 5.20. The number of nitrogens with one attached hydrogen (secondary N) is 1. The van der Waals surface area contributed by atoms with Gasteiger partial charge in [0.1, 0.15) is 5.69 Å². The van der Waals surface area contributed by atoms with Gasteiger partial charge in [0.15, 0.2) is 0 Å². The van der Waals surface area contributed by atoms with Gasteiger partial charge in [-0.15, -0.1) is 0 Å². The Balaban J connectivity index is 0.000000201. The van der Waals surface area contributed by atoms with Crippen LogP contribution in [0.4, 0.5) is 14.5 Å². The Kier molecular flexibility index (Phi) is 10.9. The summed E-state index contributed by atoms with van der Waals surface area (Å²) in [6.45, 7) is 3.71. The molecule has 0 spiro atoms. The normalized spacial score (nSPS) is 19.6. The van der Waals surface area contributed by atoms with Crippen LogP contribution in [-0.2, 0) is 0 Å². The SMILES string of the molecule is CCCCCCCCCCNC1(CCN)CCC1.O=C(O)c1ccc(N2CC(F)(F)C2)c(C2CC2)n1. The molecule has 3 aliphatic rings. The van der Waals surface area contributed by atoms with E-state index < -0.39 is 11.9 Å². The molecule has 4 rings (SSSR count). The predicted molar refractivity (Wildman–Crippen MR) is 141 cm³/mol. The summed E-state index contributed by atoms with van der Waals surface area (Å²) in [5, 5.41) is 12.7. The fourth-order valence-corrected chi connectivity index (χ4v) is 5.20. The van der Waals surface area contributed by atoms with Gasteiger partial charge in [0.2, 0.25) is 0 Å². The average molecular weight is 509 g/mol. The first-order valence-electron chi connectivity index (χ1n) is 14.1. The van der Waals surface area contributed by atoms with Crippen molar-refractivity contribution in [1.82, 2.24) is 10.3 Å². The fraction of sp³-hybridized carbons (Fsp3) is 0.786. The van der Waals surface area contributed by atoms with Gasteiger partial charge in [-0.3, -0.25) is 0 Å². The minimum Gasteiger partial charge on any atom is -0.477 e. The number of alkyl halides is 2. The molecule has 0 aromatic carbocycles. The van der Waals surface area contributed by atoms with Gasteiger partial charge >= 0.3 is 5.97 Å². The molecular formula is C28H46F2N4O2. The van der Waals surface area contributed by atoms with Crippen LogP contribution in [0, 0.1) is 0 Å². The van der Waals surface area contributed by atoms with Gasteiger partial charge in [0, 0.05) is 11.5 Å². The lowest BCUT2D eigenvalue weighted by molar-refractivity contribution is -0.0263. The molecule has 8 heteroatoms. The summed E-state index contributed by atoms with van der Waals surface area (Å²) < 4.78 is 25.7. The Labute approximate surface area is 215 Å². The number of anilines is 1. The number of carboxylic acids is 1. The molecule has 36 heavy (non-hydrogen) atoms. The maximum atomic E-state index is 12.9. The molecule has 2 saturated carbocycles. The van der Waals surface area contributed by atoms with Crippen molar-refractivity contribution in [3.05, 3.63) is 23.5 Å². The molecular weight excluding hydrogens is 462 g/mol. The maximum Gasteiger partial charge on any atom is 0.354 e. The van der Waals surface area contributed by atoms with Gasteiger partial charge < -0.3 is 21.1 Å². The van der Waals surface area contributed by atoms with Crippen LogP contribution >= 0.6 is 0 Å². The Bertz CT molecular complexity index is 820. The average Bonchev–Trinajstić information content (AvgIpc) is 3.65. The Morgan fingerprint density at radius 3 is 2.25 bits per heavy atom. The number of aromatic carboxylic acids is 1. The largest absolute Gasteiger partial charge is 0.477 e. The second-order valence-corrected chi connectivity index (χ2v) is 11.0. The minimum absolute atomic E-state index is 0.0204. The van der Waals surface area contributed by atoms with E-state index in [-0.39, 0.29) is 24.7 Å². The second kappa shape index (κ2) is 13.7. The van der Waals surface area contributed by atoms with E-state index in [0.29, 0.717) is 16.9 Å². The summed E-state index contributed by atoms with van der Waals surface area (Å²) in [5.74, 6) is -3.49. The van der Waals surface area contributed by atoms with Crippen molar-refractivity contribution in [3.8, 4) is 0 Å². The summed E-state index contributed by atoms with van der Waals surface area (Å²) in [6, 6.07) is 2.97. The number of hydrogen-bond donors (Lipinski definition) is 3. The first-order valence-corrected chi connectivity index (χ1v) is 14.1. The molecule has 3 fully saturated rings. The molecule has 6 nitrogen and oxygen atoms in total. The van der Waals surface area contributed by atoms with E-state index in [1.54, 1.807) is 11.0 Å². The standard InChI is InChI=1S/C16H34N2.C12H12F2N2O2/c1-2-3-4-5-6-7-8-9-15-18-16(13-14-17)11-10-12-16;13-12(14)5-16(6-12)9-4-3-8(11(17)18)15-10(9)7-1-2-7/h18H,2-15,17H2,1H3;3-4,7H,1-2,5-6H2,(H,17,18). The molecule has 1 aliphatic heterocycles. The van der Waals surface area contributed by atoms with Crippen molar-refractivity contribution in [3.63, 3.8) is 0 Å². The zero-order valence-electron chi connectivity index (χ0n) is 22.0. The van der Waals surface area contributed by atoms with Gasteiger partial charge in [-0.1, -0.05) is 51.9 Å². The zero-order chi connectivity index (χ0) is 26.0. The second-order valence-electron chi connectivity index (χ2n) is 11.0. The minimum atomic E-state index is -2.63. The van der Waals surface area contributed by atoms with Crippen molar-refractivity contribution in [2.45, 2.75) is 114 Å². The Morgan fingerprint density at radius 1 is 1.11 bits per heavy atom. The molecule has 4 N–H and O–H groups in total. The van der Waals surface area contributed by atoms with Gasteiger partial charge in [0.25, 0.3) is 5.92 Å². The smallest absolute Gasteiger partial charge is 0.354 e. The molecule has 1 aromatic heterocycles. The van der Waals surface area contributed by atoms with Crippen molar-refractivity contribution < 1.29 is 18.7 Å². The van der Waals surface area contributed by atoms with E-state index in [1.807, 2.05) is 0 Å². The zero-order valence-corrected chi connectivity index (χ0v) is 22.0. The van der Waals surface area contributed by atoms with Gasteiger partial charge in [-0.05, 0) is 70.2 Å². The summed E-state index contributed by atoms with van der Waals surface area (Å²) >= 11 is 0. The molecule has 0 radical (unpaired) electrons. The highest BCUT2D eigenvalue weighted by atomic mass is 19.3. The van der Waals surface area contributed by atoms with Crippen molar-refractivity contribution in [2.75, 3.05) is 31.1 Å². The monoisotopic (exact) mass is 508 g/mol. The highest BCUT2D eigenvalue weighted by molar-refractivity contribution is 5.86. The molecule has 2 aliphatic carbocycles. The Hall–Kier alpha value is -1.80.